The standard InChI is InChI=1S/C16H17ClN2OS/c17-14-2-1-3-15(10-14)18-16(20)19-7-4-12(5-8-19)13-6-9-21-11-13/h1-3,6,9-12H,4-5,7-8H2,(H,18,20). The average Bonchev–Trinajstić information content (AvgIpc) is 3.01. The van der Waals surface area contributed by atoms with Crippen molar-refractivity contribution in [1.82, 2.24) is 4.90 Å². The topological polar surface area (TPSA) is 32.3 Å². The highest BCUT2D eigenvalue weighted by molar-refractivity contribution is 7.07. The summed E-state index contributed by atoms with van der Waals surface area (Å²) in [6, 6.07) is 9.39. The third-order valence-electron chi connectivity index (χ3n) is 3.87. The molecule has 0 unspecified atom stereocenters. The Bertz CT molecular complexity index is 606. The summed E-state index contributed by atoms with van der Waals surface area (Å²) >= 11 is 7.66. The molecule has 3 rings (SSSR count). The molecule has 0 aliphatic carbocycles. The van der Waals surface area contributed by atoms with Gasteiger partial charge in [-0.3, -0.25) is 0 Å². The van der Waals surface area contributed by atoms with Gasteiger partial charge in [0.15, 0.2) is 0 Å². The summed E-state index contributed by atoms with van der Waals surface area (Å²) in [4.78, 5) is 14.1. The summed E-state index contributed by atoms with van der Waals surface area (Å²) in [5.74, 6) is 0.589. The number of halogens is 1. The van der Waals surface area contributed by atoms with Crippen molar-refractivity contribution in [1.29, 1.82) is 0 Å². The number of rotatable bonds is 2. The highest BCUT2D eigenvalue weighted by Crippen LogP contribution is 2.29. The van der Waals surface area contributed by atoms with Gasteiger partial charge in [-0.1, -0.05) is 17.7 Å². The van der Waals surface area contributed by atoms with Crippen molar-refractivity contribution in [2.45, 2.75) is 18.8 Å². The Morgan fingerprint density at radius 3 is 2.76 bits per heavy atom. The molecule has 1 aromatic heterocycles. The Kier molecular flexibility index (Phi) is 4.46. The smallest absolute Gasteiger partial charge is 0.321 e. The maximum absolute atomic E-state index is 12.2. The van der Waals surface area contributed by atoms with Gasteiger partial charge in [-0.25, -0.2) is 4.79 Å². The molecule has 0 atom stereocenters. The van der Waals surface area contributed by atoms with Crippen molar-refractivity contribution < 1.29 is 4.79 Å². The molecule has 0 spiro atoms. The predicted molar refractivity (Wildman–Crippen MR) is 88.3 cm³/mol. The number of hydrogen-bond acceptors (Lipinski definition) is 2. The van der Waals surface area contributed by atoms with Crippen LogP contribution in [0.3, 0.4) is 0 Å². The third-order valence-corrected chi connectivity index (χ3v) is 4.81. The summed E-state index contributed by atoms with van der Waals surface area (Å²) in [7, 11) is 0. The van der Waals surface area contributed by atoms with E-state index in [9.17, 15) is 4.79 Å². The number of nitrogens with zero attached hydrogens (tertiary/aromatic N) is 1. The number of carbonyl (C=O) groups excluding carboxylic acids is 1. The van der Waals surface area contributed by atoms with Crippen molar-refractivity contribution in [3.05, 3.63) is 51.7 Å². The van der Waals surface area contributed by atoms with Crippen molar-refractivity contribution in [2.75, 3.05) is 18.4 Å². The number of carbonyl (C=O) groups is 1. The van der Waals surface area contributed by atoms with Gasteiger partial charge in [-0.2, -0.15) is 11.3 Å². The maximum atomic E-state index is 12.2. The van der Waals surface area contributed by atoms with E-state index in [1.165, 1.54) is 5.56 Å². The second-order valence-electron chi connectivity index (χ2n) is 5.26. The monoisotopic (exact) mass is 320 g/mol. The molecule has 21 heavy (non-hydrogen) atoms. The van der Waals surface area contributed by atoms with Crippen LogP contribution < -0.4 is 5.32 Å². The van der Waals surface area contributed by atoms with Crippen LogP contribution in [0.15, 0.2) is 41.1 Å². The Balaban J connectivity index is 1.55. The molecule has 1 saturated heterocycles. The molecule has 3 nitrogen and oxygen atoms in total. The minimum atomic E-state index is -0.0407. The van der Waals surface area contributed by atoms with E-state index >= 15 is 0 Å². The zero-order valence-corrected chi connectivity index (χ0v) is 13.2. The van der Waals surface area contributed by atoms with E-state index in [1.807, 2.05) is 17.0 Å². The van der Waals surface area contributed by atoms with Gasteiger partial charge in [0.2, 0.25) is 0 Å². The second-order valence-corrected chi connectivity index (χ2v) is 6.47. The van der Waals surface area contributed by atoms with E-state index in [0.29, 0.717) is 10.9 Å². The summed E-state index contributed by atoms with van der Waals surface area (Å²) in [5.41, 5.74) is 2.15. The molecule has 0 radical (unpaired) electrons. The van der Waals surface area contributed by atoms with Crippen LogP contribution >= 0.6 is 22.9 Å². The van der Waals surface area contributed by atoms with E-state index < -0.39 is 0 Å². The highest BCUT2D eigenvalue weighted by Gasteiger charge is 2.23. The second kappa shape index (κ2) is 6.50. The lowest BCUT2D eigenvalue weighted by Gasteiger charge is -2.31. The van der Waals surface area contributed by atoms with E-state index in [-0.39, 0.29) is 6.03 Å². The first-order valence-electron chi connectivity index (χ1n) is 7.06. The lowest BCUT2D eigenvalue weighted by molar-refractivity contribution is 0.194. The van der Waals surface area contributed by atoms with Gasteiger partial charge in [0.1, 0.15) is 0 Å². The van der Waals surface area contributed by atoms with E-state index in [2.05, 4.69) is 22.1 Å². The zero-order valence-electron chi connectivity index (χ0n) is 11.6. The molecule has 5 heteroatoms. The molecule has 110 valence electrons. The molecule has 2 amide bonds. The number of benzene rings is 1. The molecule has 2 heterocycles. The largest absolute Gasteiger partial charge is 0.324 e. The Labute approximate surface area is 133 Å². The van der Waals surface area contributed by atoms with Crippen molar-refractivity contribution in [2.24, 2.45) is 0 Å². The molecular formula is C16H17ClN2OS. The van der Waals surface area contributed by atoms with Crippen LogP contribution in [0.1, 0.15) is 24.3 Å². The molecule has 0 saturated carbocycles. The minimum absolute atomic E-state index is 0.0407. The SMILES string of the molecule is O=C(Nc1cccc(Cl)c1)N1CCC(c2ccsc2)CC1. The van der Waals surface area contributed by atoms with Crippen LogP contribution in [-0.4, -0.2) is 24.0 Å². The van der Waals surface area contributed by atoms with Gasteiger partial charge in [0.05, 0.1) is 0 Å². The fourth-order valence-corrected chi connectivity index (χ4v) is 3.62. The van der Waals surface area contributed by atoms with E-state index in [0.717, 1.165) is 31.6 Å². The maximum Gasteiger partial charge on any atom is 0.321 e. The van der Waals surface area contributed by atoms with Crippen molar-refractivity contribution >= 4 is 34.7 Å². The normalized spacial score (nSPS) is 16.0. The van der Waals surface area contributed by atoms with Crippen LogP contribution in [0.25, 0.3) is 0 Å². The Hall–Kier alpha value is -1.52. The van der Waals surface area contributed by atoms with Gasteiger partial charge in [0, 0.05) is 23.8 Å². The molecular weight excluding hydrogens is 304 g/mol. The molecule has 0 bridgehead atoms. The van der Waals surface area contributed by atoms with Crippen LogP contribution in [0.5, 0.6) is 0 Å². The predicted octanol–water partition coefficient (Wildman–Crippen LogP) is 4.81. The summed E-state index contributed by atoms with van der Waals surface area (Å²) in [6.07, 6.45) is 2.05. The molecule has 2 aromatic rings. The summed E-state index contributed by atoms with van der Waals surface area (Å²) < 4.78 is 0. The summed E-state index contributed by atoms with van der Waals surface area (Å²) in [5, 5.41) is 7.87. The Morgan fingerprint density at radius 2 is 2.10 bits per heavy atom. The third kappa shape index (κ3) is 3.57. The van der Waals surface area contributed by atoms with Crippen molar-refractivity contribution in [3.63, 3.8) is 0 Å². The van der Waals surface area contributed by atoms with Gasteiger partial charge in [-0.15, -0.1) is 0 Å². The van der Waals surface area contributed by atoms with E-state index in [4.69, 9.17) is 11.6 Å². The fraction of sp³-hybridized carbons (Fsp3) is 0.312. The number of nitrogens with one attached hydrogen (secondary N) is 1. The number of piperidine rings is 1. The molecule has 1 aliphatic heterocycles. The van der Waals surface area contributed by atoms with Gasteiger partial charge < -0.3 is 10.2 Å². The number of anilines is 1. The van der Waals surface area contributed by atoms with Crippen LogP contribution in [0.4, 0.5) is 10.5 Å². The molecule has 1 aromatic carbocycles. The molecule has 1 fully saturated rings. The number of amides is 2. The summed E-state index contributed by atoms with van der Waals surface area (Å²) in [6.45, 7) is 1.60. The average molecular weight is 321 g/mol. The first-order chi connectivity index (χ1) is 10.2. The number of hydrogen-bond donors (Lipinski definition) is 1. The fourth-order valence-electron chi connectivity index (χ4n) is 2.69. The number of thiophene rings is 1. The lowest BCUT2D eigenvalue weighted by atomic mass is 9.91. The van der Waals surface area contributed by atoms with Crippen LogP contribution in [0, 0.1) is 0 Å². The van der Waals surface area contributed by atoms with Crippen LogP contribution in [0.2, 0.25) is 5.02 Å². The molecule has 1 aliphatic rings. The zero-order chi connectivity index (χ0) is 14.7. The van der Waals surface area contributed by atoms with Crippen LogP contribution in [-0.2, 0) is 0 Å². The van der Waals surface area contributed by atoms with Crippen molar-refractivity contribution in [3.8, 4) is 0 Å². The lowest BCUT2D eigenvalue weighted by Crippen LogP contribution is -2.40. The van der Waals surface area contributed by atoms with Gasteiger partial charge in [-0.05, 0) is 59.3 Å². The quantitative estimate of drug-likeness (QED) is 0.846. The highest BCUT2D eigenvalue weighted by atomic mass is 35.5. The minimum Gasteiger partial charge on any atom is -0.324 e. The molecule has 1 N–H and O–H groups in total. The first-order valence-corrected chi connectivity index (χ1v) is 8.38. The van der Waals surface area contributed by atoms with E-state index in [1.54, 1.807) is 23.5 Å². The number of urea groups is 1. The first kappa shape index (κ1) is 14.4. The number of likely N-dealkylation sites (tertiary alicyclic amines) is 1. The van der Waals surface area contributed by atoms with Gasteiger partial charge >= 0.3 is 6.03 Å². The Morgan fingerprint density at radius 1 is 1.29 bits per heavy atom. The van der Waals surface area contributed by atoms with Gasteiger partial charge in [0.25, 0.3) is 0 Å².